The second kappa shape index (κ2) is 4.34. The van der Waals surface area contributed by atoms with E-state index >= 15 is 0 Å². The molecule has 5 nitrogen and oxygen atoms in total. The highest BCUT2D eigenvalue weighted by molar-refractivity contribution is 4.87. The lowest BCUT2D eigenvalue weighted by molar-refractivity contribution is 0.218. The Morgan fingerprint density at radius 3 is 2.77 bits per heavy atom. The van der Waals surface area contributed by atoms with Gasteiger partial charge >= 0.3 is 0 Å². The molecule has 74 valence electrons. The van der Waals surface area contributed by atoms with Gasteiger partial charge in [-0.15, -0.1) is 0 Å². The molecule has 3 N–H and O–H groups in total. The Hall–Kier alpha value is -0.940. The van der Waals surface area contributed by atoms with Gasteiger partial charge in [-0.2, -0.15) is 5.10 Å². The van der Waals surface area contributed by atoms with E-state index in [9.17, 15) is 0 Å². The minimum absolute atomic E-state index is 0.134. The Balaban J connectivity index is 2.58. The monoisotopic (exact) mass is 184 g/mol. The van der Waals surface area contributed by atoms with Crippen LogP contribution in [0.3, 0.4) is 0 Å². The minimum atomic E-state index is -0.134. The molecule has 2 unspecified atom stereocenters. The van der Waals surface area contributed by atoms with E-state index in [1.807, 2.05) is 13.8 Å². The topological polar surface area (TPSA) is 77.0 Å². The SMILES string of the molecule is CC(CO)Cn1cnc(C(C)N)n1. The normalized spacial score (nSPS) is 15.7. The lowest BCUT2D eigenvalue weighted by Gasteiger charge is -2.06. The summed E-state index contributed by atoms with van der Waals surface area (Å²) in [5, 5.41) is 13.0. The summed E-state index contributed by atoms with van der Waals surface area (Å²) in [5.74, 6) is 0.841. The Labute approximate surface area is 77.6 Å². The van der Waals surface area contributed by atoms with Crippen molar-refractivity contribution in [1.82, 2.24) is 14.8 Å². The first-order chi connectivity index (χ1) is 6.13. The molecule has 0 fully saturated rings. The van der Waals surface area contributed by atoms with Crippen molar-refractivity contribution in [3.05, 3.63) is 12.2 Å². The van der Waals surface area contributed by atoms with E-state index in [0.717, 1.165) is 0 Å². The predicted molar refractivity (Wildman–Crippen MR) is 48.9 cm³/mol. The maximum absolute atomic E-state index is 8.83. The van der Waals surface area contributed by atoms with Crippen molar-refractivity contribution < 1.29 is 5.11 Å². The molecule has 0 radical (unpaired) electrons. The molecule has 0 bridgehead atoms. The highest BCUT2D eigenvalue weighted by Gasteiger charge is 2.07. The zero-order valence-corrected chi connectivity index (χ0v) is 8.01. The molecule has 5 heteroatoms. The van der Waals surface area contributed by atoms with E-state index in [-0.39, 0.29) is 18.6 Å². The molecule has 1 aromatic heterocycles. The molecular formula is C8H16N4O. The van der Waals surface area contributed by atoms with Crippen LogP contribution in [-0.4, -0.2) is 26.5 Å². The van der Waals surface area contributed by atoms with Crippen LogP contribution >= 0.6 is 0 Å². The number of aliphatic hydroxyl groups is 1. The van der Waals surface area contributed by atoms with E-state index in [1.165, 1.54) is 0 Å². The van der Waals surface area contributed by atoms with E-state index in [1.54, 1.807) is 11.0 Å². The minimum Gasteiger partial charge on any atom is -0.396 e. The first-order valence-electron chi connectivity index (χ1n) is 4.39. The average Bonchev–Trinajstić information content (AvgIpc) is 2.52. The van der Waals surface area contributed by atoms with Crippen molar-refractivity contribution in [2.75, 3.05) is 6.61 Å². The molecule has 0 aliphatic heterocycles. The first-order valence-corrected chi connectivity index (χ1v) is 4.39. The van der Waals surface area contributed by atoms with Gasteiger partial charge in [0.25, 0.3) is 0 Å². The summed E-state index contributed by atoms with van der Waals surface area (Å²) in [6, 6.07) is -0.134. The summed E-state index contributed by atoms with van der Waals surface area (Å²) in [7, 11) is 0. The molecule has 0 aliphatic carbocycles. The van der Waals surface area contributed by atoms with Crippen molar-refractivity contribution in [2.24, 2.45) is 11.7 Å². The number of aliphatic hydroxyl groups excluding tert-OH is 1. The zero-order chi connectivity index (χ0) is 9.84. The van der Waals surface area contributed by atoms with Crippen LogP contribution in [0.4, 0.5) is 0 Å². The van der Waals surface area contributed by atoms with Gasteiger partial charge in [0.1, 0.15) is 6.33 Å². The van der Waals surface area contributed by atoms with Crippen LogP contribution in [0, 0.1) is 5.92 Å². The fraction of sp³-hybridized carbons (Fsp3) is 0.750. The highest BCUT2D eigenvalue weighted by atomic mass is 16.3. The molecule has 0 aromatic carbocycles. The lowest BCUT2D eigenvalue weighted by atomic mass is 10.2. The number of nitrogens with zero attached hydrogens (tertiary/aromatic N) is 3. The Morgan fingerprint density at radius 2 is 2.31 bits per heavy atom. The Bertz CT molecular complexity index is 258. The quantitative estimate of drug-likeness (QED) is 0.686. The average molecular weight is 184 g/mol. The molecule has 1 aromatic rings. The second-order valence-corrected chi connectivity index (χ2v) is 3.40. The van der Waals surface area contributed by atoms with Gasteiger partial charge in [0.05, 0.1) is 6.04 Å². The highest BCUT2D eigenvalue weighted by Crippen LogP contribution is 2.03. The summed E-state index contributed by atoms with van der Waals surface area (Å²) in [4.78, 5) is 4.05. The number of nitrogens with two attached hydrogens (primary N) is 1. The van der Waals surface area contributed by atoms with E-state index in [2.05, 4.69) is 10.1 Å². The maximum atomic E-state index is 8.83. The van der Waals surface area contributed by atoms with Crippen molar-refractivity contribution in [3.8, 4) is 0 Å². The molecule has 0 aliphatic rings. The Morgan fingerprint density at radius 1 is 1.62 bits per heavy atom. The van der Waals surface area contributed by atoms with Crippen LogP contribution in [0.25, 0.3) is 0 Å². The van der Waals surface area contributed by atoms with E-state index in [4.69, 9.17) is 10.8 Å². The van der Waals surface area contributed by atoms with Crippen molar-refractivity contribution >= 4 is 0 Å². The van der Waals surface area contributed by atoms with Crippen LogP contribution in [-0.2, 0) is 6.54 Å². The molecule has 13 heavy (non-hydrogen) atoms. The molecule has 1 rings (SSSR count). The van der Waals surface area contributed by atoms with Gasteiger partial charge in [-0.05, 0) is 12.8 Å². The third-order valence-corrected chi connectivity index (χ3v) is 1.77. The number of hydrogen-bond acceptors (Lipinski definition) is 4. The number of aromatic nitrogens is 3. The van der Waals surface area contributed by atoms with Crippen LogP contribution in [0.2, 0.25) is 0 Å². The van der Waals surface area contributed by atoms with E-state index in [0.29, 0.717) is 12.4 Å². The van der Waals surface area contributed by atoms with E-state index < -0.39 is 0 Å². The summed E-state index contributed by atoms with van der Waals surface area (Å²) in [5.41, 5.74) is 5.60. The third kappa shape index (κ3) is 2.78. The largest absolute Gasteiger partial charge is 0.396 e. The molecule has 0 amide bonds. The number of hydrogen-bond donors (Lipinski definition) is 2. The van der Waals surface area contributed by atoms with Gasteiger partial charge in [-0.25, -0.2) is 4.98 Å². The van der Waals surface area contributed by atoms with Crippen LogP contribution < -0.4 is 5.73 Å². The fourth-order valence-electron chi connectivity index (χ4n) is 0.983. The summed E-state index contributed by atoms with van der Waals surface area (Å²) in [6.45, 7) is 4.63. The number of rotatable bonds is 4. The second-order valence-electron chi connectivity index (χ2n) is 3.40. The van der Waals surface area contributed by atoms with Gasteiger partial charge in [0.2, 0.25) is 0 Å². The lowest BCUT2D eigenvalue weighted by Crippen LogP contribution is -2.13. The van der Waals surface area contributed by atoms with Gasteiger partial charge < -0.3 is 10.8 Å². The summed E-state index contributed by atoms with van der Waals surface area (Å²) >= 11 is 0. The zero-order valence-electron chi connectivity index (χ0n) is 8.01. The standard InChI is InChI=1S/C8H16N4O/c1-6(4-13)3-12-5-10-8(11-12)7(2)9/h5-7,13H,3-4,9H2,1-2H3. The summed E-state index contributed by atoms with van der Waals surface area (Å²) < 4.78 is 1.71. The molecule has 0 saturated carbocycles. The van der Waals surface area contributed by atoms with Crippen molar-refractivity contribution in [3.63, 3.8) is 0 Å². The van der Waals surface area contributed by atoms with Gasteiger partial charge in [-0.3, -0.25) is 4.68 Å². The van der Waals surface area contributed by atoms with Crippen LogP contribution in [0.15, 0.2) is 6.33 Å². The maximum Gasteiger partial charge on any atom is 0.166 e. The van der Waals surface area contributed by atoms with Gasteiger partial charge in [0, 0.05) is 13.2 Å². The third-order valence-electron chi connectivity index (χ3n) is 1.77. The summed E-state index contributed by atoms with van der Waals surface area (Å²) in [6.07, 6.45) is 1.64. The first kappa shape index (κ1) is 10.1. The Kier molecular flexibility index (Phi) is 3.39. The molecular weight excluding hydrogens is 168 g/mol. The predicted octanol–water partition coefficient (Wildman–Crippen LogP) is -0.0738. The smallest absolute Gasteiger partial charge is 0.166 e. The molecule has 1 heterocycles. The van der Waals surface area contributed by atoms with Crippen molar-refractivity contribution in [1.29, 1.82) is 0 Å². The van der Waals surface area contributed by atoms with Gasteiger partial charge in [0.15, 0.2) is 5.82 Å². The van der Waals surface area contributed by atoms with Crippen LogP contribution in [0.1, 0.15) is 25.7 Å². The molecule has 0 saturated heterocycles. The van der Waals surface area contributed by atoms with Crippen LogP contribution in [0.5, 0.6) is 0 Å². The van der Waals surface area contributed by atoms with Gasteiger partial charge in [-0.1, -0.05) is 6.92 Å². The van der Waals surface area contributed by atoms with Crippen molar-refractivity contribution in [2.45, 2.75) is 26.4 Å². The molecule has 2 atom stereocenters. The molecule has 0 spiro atoms. The fourth-order valence-corrected chi connectivity index (χ4v) is 0.983.